The van der Waals surface area contributed by atoms with Crippen LogP contribution in [0.4, 0.5) is 11.4 Å². The zero-order chi connectivity index (χ0) is 27.4. The van der Waals surface area contributed by atoms with E-state index in [1.807, 2.05) is 0 Å². The van der Waals surface area contributed by atoms with Crippen LogP contribution in [0.3, 0.4) is 0 Å². The van der Waals surface area contributed by atoms with E-state index in [1.165, 1.54) is 19.1 Å². The Kier molecular flexibility index (Phi) is 8.17. The number of primary amides is 1. The lowest BCUT2D eigenvalue weighted by Gasteiger charge is -2.31. The monoisotopic (exact) mass is 543 g/mol. The van der Waals surface area contributed by atoms with Crippen LogP contribution in [0.15, 0.2) is 34.7 Å². The SMILES string of the molecule is COc1ccc(N(C(=O)c2snc(C(N)=O)c2N)[C@@H](C(=O)NC[C@@H]2CCCO2)c2ccc(C)o2)c(OC)c1. The highest BCUT2D eigenvalue weighted by molar-refractivity contribution is 7.09. The van der Waals surface area contributed by atoms with Gasteiger partial charge in [0.05, 0.1) is 31.7 Å². The second-order valence-corrected chi connectivity index (χ2v) is 9.36. The third-order valence-corrected chi connectivity index (χ3v) is 6.94. The number of furan rings is 1. The van der Waals surface area contributed by atoms with Gasteiger partial charge >= 0.3 is 0 Å². The number of carbonyl (C=O) groups is 3. The molecule has 12 nitrogen and oxygen atoms in total. The van der Waals surface area contributed by atoms with Crippen LogP contribution in [0.1, 0.15) is 50.6 Å². The van der Waals surface area contributed by atoms with E-state index >= 15 is 0 Å². The first-order valence-electron chi connectivity index (χ1n) is 11.8. The van der Waals surface area contributed by atoms with Crippen molar-refractivity contribution in [2.45, 2.75) is 31.9 Å². The van der Waals surface area contributed by atoms with Crippen molar-refractivity contribution in [3.05, 3.63) is 52.4 Å². The number of nitrogen functional groups attached to an aromatic ring is 1. The molecule has 0 spiro atoms. The van der Waals surface area contributed by atoms with Gasteiger partial charge in [0, 0.05) is 19.2 Å². The Balaban J connectivity index is 1.85. The number of nitrogens with two attached hydrogens (primary N) is 2. The van der Waals surface area contributed by atoms with E-state index in [0.717, 1.165) is 12.8 Å². The highest BCUT2D eigenvalue weighted by atomic mass is 32.1. The quantitative estimate of drug-likeness (QED) is 0.347. The summed E-state index contributed by atoms with van der Waals surface area (Å²) >= 11 is 0.705. The third-order valence-electron chi connectivity index (χ3n) is 6.09. The molecule has 1 aliphatic rings. The Bertz CT molecular complexity index is 1330. The van der Waals surface area contributed by atoms with E-state index in [4.69, 9.17) is 30.1 Å². The number of nitrogens with one attached hydrogen (secondary N) is 1. The number of carbonyl (C=O) groups excluding carboxylic acids is 3. The van der Waals surface area contributed by atoms with Gasteiger partial charge in [-0.1, -0.05) is 0 Å². The number of anilines is 2. The first-order valence-corrected chi connectivity index (χ1v) is 12.6. The molecule has 202 valence electrons. The van der Waals surface area contributed by atoms with Crippen LogP contribution >= 0.6 is 11.5 Å². The van der Waals surface area contributed by atoms with Crippen molar-refractivity contribution in [3.8, 4) is 11.5 Å². The molecule has 0 saturated carbocycles. The number of aromatic nitrogens is 1. The molecule has 4 rings (SSSR count). The average molecular weight is 544 g/mol. The van der Waals surface area contributed by atoms with Gasteiger partial charge in [-0.05, 0) is 55.6 Å². The maximum atomic E-state index is 14.1. The summed E-state index contributed by atoms with van der Waals surface area (Å²) in [7, 11) is 2.92. The van der Waals surface area contributed by atoms with Crippen molar-refractivity contribution in [1.82, 2.24) is 9.69 Å². The van der Waals surface area contributed by atoms with Gasteiger partial charge in [-0.2, -0.15) is 4.37 Å². The molecule has 5 N–H and O–H groups in total. The topological polar surface area (TPSA) is 172 Å². The van der Waals surface area contributed by atoms with Gasteiger partial charge in [-0.3, -0.25) is 19.3 Å². The van der Waals surface area contributed by atoms with Crippen molar-refractivity contribution in [2.75, 3.05) is 38.0 Å². The predicted molar refractivity (Wildman–Crippen MR) is 140 cm³/mol. The number of methoxy groups -OCH3 is 2. The minimum atomic E-state index is -1.28. The van der Waals surface area contributed by atoms with Crippen molar-refractivity contribution >= 4 is 40.6 Å². The maximum Gasteiger partial charge on any atom is 0.273 e. The lowest BCUT2D eigenvalue weighted by atomic mass is 10.1. The molecule has 3 amide bonds. The number of benzene rings is 1. The molecule has 13 heteroatoms. The standard InChI is InChI=1S/C25H29N5O7S/c1-13-6-9-17(37-13)21(24(32)28-12-15-5-4-10-36-15)30(16-8-7-14(34-2)11-18(16)35-3)25(33)22-19(26)20(23(27)31)29-38-22/h6-9,11,15,21H,4-5,10,12,26H2,1-3H3,(H2,27,31)(H,28,32)/t15-,21+/m0/s1. The summed E-state index contributed by atoms with van der Waals surface area (Å²) in [6, 6.07) is 6.81. The normalized spacial score (nSPS) is 15.6. The molecule has 0 radical (unpaired) electrons. The van der Waals surface area contributed by atoms with Crippen molar-refractivity contribution in [1.29, 1.82) is 0 Å². The van der Waals surface area contributed by atoms with E-state index in [9.17, 15) is 14.4 Å². The molecule has 0 unspecified atom stereocenters. The van der Waals surface area contributed by atoms with Crippen LogP contribution in [-0.2, 0) is 9.53 Å². The highest BCUT2D eigenvalue weighted by Crippen LogP contribution is 2.40. The van der Waals surface area contributed by atoms with Crippen LogP contribution in [0.5, 0.6) is 11.5 Å². The summed E-state index contributed by atoms with van der Waals surface area (Å²) in [5, 5.41) is 2.89. The zero-order valence-electron chi connectivity index (χ0n) is 21.2. The minimum absolute atomic E-state index is 0.0723. The van der Waals surface area contributed by atoms with Gasteiger partial charge in [0.25, 0.3) is 17.7 Å². The third kappa shape index (κ3) is 5.43. The number of rotatable bonds is 10. The average Bonchev–Trinajstić information content (AvgIpc) is 3.66. The number of hydrogen-bond acceptors (Lipinski definition) is 10. The summed E-state index contributed by atoms with van der Waals surface area (Å²) < 4.78 is 26.3. The largest absolute Gasteiger partial charge is 0.497 e. The number of amides is 3. The molecule has 38 heavy (non-hydrogen) atoms. The van der Waals surface area contributed by atoms with Crippen molar-refractivity contribution in [3.63, 3.8) is 0 Å². The first kappa shape index (κ1) is 26.9. The molecule has 2 atom stereocenters. The second kappa shape index (κ2) is 11.5. The first-order chi connectivity index (χ1) is 18.2. The lowest BCUT2D eigenvalue weighted by molar-refractivity contribution is -0.123. The van der Waals surface area contributed by atoms with Gasteiger partial charge in [-0.15, -0.1) is 0 Å². The van der Waals surface area contributed by atoms with Crippen LogP contribution in [-0.4, -0.2) is 55.6 Å². The molecule has 0 aliphatic carbocycles. The number of ether oxygens (including phenoxy) is 3. The lowest BCUT2D eigenvalue weighted by Crippen LogP contribution is -2.45. The van der Waals surface area contributed by atoms with Gasteiger partial charge in [0.1, 0.15) is 27.9 Å². The van der Waals surface area contributed by atoms with Crippen molar-refractivity contribution in [2.24, 2.45) is 5.73 Å². The van der Waals surface area contributed by atoms with Crippen LogP contribution in [0, 0.1) is 6.92 Å². The Morgan fingerprint density at radius 2 is 2.03 bits per heavy atom. The number of aryl methyl sites for hydroxylation is 1. The fourth-order valence-electron chi connectivity index (χ4n) is 4.18. The van der Waals surface area contributed by atoms with Gasteiger partial charge in [-0.25, -0.2) is 0 Å². The molecule has 1 aromatic carbocycles. The van der Waals surface area contributed by atoms with E-state index in [-0.39, 0.29) is 46.1 Å². The predicted octanol–water partition coefficient (Wildman–Crippen LogP) is 2.43. The maximum absolute atomic E-state index is 14.1. The Morgan fingerprint density at radius 1 is 1.24 bits per heavy atom. The molecule has 3 aromatic rings. The summed E-state index contributed by atoms with van der Waals surface area (Å²) in [4.78, 5) is 40.8. The van der Waals surface area contributed by atoms with Crippen LogP contribution in [0.25, 0.3) is 0 Å². The van der Waals surface area contributed by atoms with Gasteiger partial charge < -0.3 is 35.4 Å². The zero-order valence-corrected chi connectivity index (χ0v) is 22.0. The second-order valence-electron chi connectivity index (χ2n) is 8.58. The number of nitrogens with zero attached hydrogens (tertiary/aromatic N) is 2. The van der Waals surface area contributed by atoms with Crippen molar-refractivity contribution < 1.29 is 33.0 Å². The van der Waals surface area contributed by atoms with Crippen LogP contribution in [0.2, 0.25) is 0 Å². The Labute approximate surface area is 223 Å². The Hall–Kier alpha value is -4.10. The number of hydrogen-bond donors (Lipinski definition) is 3. The molecular weight excluding hydrogens is 514 g/mol. The van der Waals surface area contributed by atoms with Gasteiger partial charge in [0.15, 0.2) is 11.7 Å². The molecular formula is C25H29N5O7S. The summed E-state index contributed by atoms with van der Waals surface area (Å²) in [6.07, 6.45) is 1.59. The Morgan fingerprint density at radius 3 is 2.61 bits per heavy atom. The van der Waals surface area contributed by atoms with E-state index in [1.54, 1.807) is 37.3 Å². The smallest absolute Gasteiger partial charge is 0.273 e. The fourth-order valence-corrected chi connectivity index (χ4v) is 4.92. The van der Waals surface area contributed by atoms with E-state index in [0.29, 0.717) is 29.6 Å². The molecule has 1 aliphatic heterocycles. The van der Waals surface area contributed by atoms with Crippen LogP contribution < -0.4 is 31.2 Å². The summed E-state index contributed by atoms with van der Waals surface area (Å²) in [6.45, 7) is 2.61. The van der Waals surface area contributed by atoms with E-state index in [2.05, 4.69) is 9.69 Å². The van der Waals surface area contributed by atoms with E-state index < -0.39 is 23.8 Å². The van der Waals surface area contributed by atoms with Gasteiger partial charge in [0.2, 0.25) is 0 Å². The molecule has 0 bridgehead atoms. The minimum Gasteiger partial charge on any atom is -0.497 e. The highest BCUT2D eigenvalue weighted by Gasteiger charge is 2.39. The summed E-state index contributed by atoms with van der Waals surface area (Å²) in [5.74, 6) is -0.632. The summed E-state index contributed by atoms with van der Waals surface area (Å²) in [5.41, 5.74) is 11.3. The molecule has 2 aromatic heterocycles. The molecule has 1 saturated heterocycles. The molecule has 3 heterocycles. The fraction of sp³-hybridized carbons (Fsp3) is 0.360. The molecule has 1 fully saturated rings.